The SMILES string of the molecule is Cc1nn(C)c(C)c1Cl. The lowest BCUT2D eigenvalue weighted by Crippen LogP contribution is -1.91. The fraction of sp³-hybridized carbons (Fsp3) is 0.500. The molecule has 1 rings (SSSR count). The molecule has 3 heteroatoms. The molecule has 2 nitrogen and oxygen atoms in total. The van der Waals surface area contributed by atoms with Gasteiger partial charge >= 0.3 is 0 Å². The van der Waals surface area contributed by atoms with Crippen LogP contribution in [-0.2, 0) is 7.05 Å². The Labute approximate surface area is 59.4 Å². The maximum atomic E-state index is 5.82. The number of nitrogens with zero attached hydrogens (tertiary/aromatic N) is 2. The van der Waals surface area contributed by atoms with Gasteiger partial charge < -0.3 is 0 Å². The topological polar surface area (TPSA) is 17.8 Å². The molecule has 0 radical (unpaired) electrons. The maximum absolute atomic E-state index is 5.82. The first-order chi connectivity index (χ1) is 4.13. The van der Waals surface area contributed by atoms with E-state index in [4.69, 9.17) is 11.6 Å². The molecular formula is C6H9ClN2. The number of aromatic nitrogens is 2. The number of aryl methyl sites for hydroxylation is 2. The second kappa shape index (κ2) is 2.03. The van der Waals surface area contributed by atoms with Gasteiger partial charge in [-0.05, 0) is 13.8 Å². The average Bonchev–Trinajstić information content (AvgIpc) is 1.98. The minimum Gasteiger partial charge on any atom is -0.271 e. The summed E-state index contributed by atoms with van der Waals surface area (Å²) in [4.78, 5) is 0. The second-order valence-electron chi connectivity index (χ2n) is 2.11. The Balaban J connectivity index is 3.29. The summed E-state index contributed by atoms with van der Waals surface area (Å²) in [5.74, 6) is 0. The van der Waals surface area contributed by atoms with Crippen LogP contribution in [0.25, 0.3) is 0 Å². The molecule has 0 saturated carbocycles. The van der Waals surface area contributed by atoms with E-state index in [1.807, 2.05) is 20.9 Å². The quantitative estimate of drug-likeness (QED) is 0.542. The van der Waals surface area contributed by atoms with E-state index in [1.165, 1.54) is 0 Å². The van der Waals surface area contributed by atoms with Gasteiger partial charge in [-0.1, -0.05) is 11.6 Å². The minimum atomic E-state index is 0.775. The van der Waals surface area contributed by atoms with E-state index in [1.54, 1.807) is 4.68 Å². The smallest absolute Gasteiger partial charge is 0.0844 e. The minimum absolute atomic E-state index is 0.775. The first-order valence-corrected chi connectivity index (χ1v) is 3.16. The molecule has 0 fully saturated rings. The summed E-state index contributed by atoms with van der Waals surface area (Å²) in [5.41, 5.74) is 1.92. The molecular weight excluding hydrogens is 136 g/mol. The Hall–Kier alpha value is -0.500. The molecule has 50 valence electrons. The van der Waals surface area contributed by atoms with Crippen LogP contribution in [0.4, 0.5) is 0 Å². The highest BCUT2D eigenvalue weighted by molar-refractivity contribution is 6.31. The summed E-state index contributed by atoms with van der Waals surface area (Å²) in [6.45, 7) is 3.84. The van der Waals surface area contributed by atoms with Crippen molar-refractivity contribution < 1.29 is 0 Å². The van der Waals surface area contributed by atoms with Gasteiger partial charge in [0.25, 0.3) is 0 Å². The van der Waals surface area contributed by atoms with Crippen molar-refractivity contribution in [1.82, 2.24) is 9.78 Å². The van der Waals surface area contributed by atoms with Crippen molar-refractivity contribution in [3.05, 3.63) is 16.4 Å². The second-order valence-corrected chi connectivity index (χ2v) is 2.49. The normalized spacial score (nSPS) is 10.2. The zero-order valence-electron chi connectivity index (χ0n) is 5.77. The molecule has 1 aromatic heterocycles. The summed E-state index contributed by atoms with van der Waals surface area (Å²) in [6.07, 6.45) is 0. The highest BCUT2D eigenvalue weighted by atomic mass is 35.5. The van der Waals surface area contributed by atoms with Crippen molar-refractivity contribution in [2.24, 2.45) is 7.05 Å². The van der Waals surface area contributed by atoms with Crippen LogP contribution in [-0.4, -0.2) is 9.78 Å². The van der Waals surface area contributed by atoms with Crippen LogP contribution in [0.3, 0.4) is 0 Å². The van der Waals surface area contributed by atoms with Crippen LogP contribution in [0, 0.1) is 13.8 Å². The molecule has 0 saturated heterocycles. The van der Waals surface area contributed by atoms with Crippen LogP contribution in [0.15, 0.2) is 0 Å². The highest BCUT2D eigenvalue weighted by Gasteiger charge is 2.03. The van der Waals surface area contributed by atoms with E-state index in [0.29, 0.717) is 0 Å². The number of rotatable bonds is 0. The van der Waals surface area contributed by atoms with Crippen LogP contribution >= 0.6 is 11.6 Å². The molecule has 0 atom stereocenters. The largest absolute Gasteiger partial charge is 0.271 e. The molecule has 1 heterocycles. The summed E-state index contributed by atoms with van der Waals surface area (Å²) in [6, 6.07) is 0. The first-order valence-electron chi connectivity index (χ1n) is 2.78. The van der Waals surface area contributed by atoms with Crippen LogP contribution < -0.4 is 0 Å². The first kappa shape index (κ1) is 6.62. The van der Waals surface area contributed by atoms with Gasteiger partial charge in [-0.25, -0.2) is 0 Å². The molecule has 0 aliphatic heterocycles. The summed E-state index contributed by atoms with van der Waals surface area (Å²) in [7, 11) is 1.88. The maximum Gasteiger partial charge on any atom is 0.0844 e. The van der Waals surface area contributed by atoms with E-state index >= 15 is 0 Å². The average molecular weight is 145 g/mol. The third-order valence-electron chi connectivity index (χ3n) is 1.42. The van der Waals surface area contributed by atoms with Gasteiger partial charge in [0.15, 0.2) is 0 Å². The van der Waals surface area contributed by atoms with E-state index < -0.39 is 0 Å². The summed E-state index contributed by atoms with van der Waals surface area (Å²) < 4.78 is 1.78. The molecule has 1 aromatic rings. The summed E-state index contributed by atoms with van der Waals surface area (Å²) >= 11 is 5.82. The van der Waals surface area contributed by atoms with Crippen molar-refractivity contribution in [2.75, 3.05) is 0 Å². The van der Waals surface area contributed by atoms with Crippen molar-refractivity contribution >= 4 is 11.6 Å². The van der Waals surface area contributed by atoms with E-state index in [2.05, 4.69) is 5.10 Å². The van der Waals surface area contributed by atoms with Gasteiger partial charge in [-0.2, -0.15) is 5.10 Å². The molecule has 0 N–H and O–H groups in total. The standard InChI is InChI=1S/C6H9ClN2/c1-4-6(7)5(2)9(3)8-4/h1-3H3. The van der Waals surface area contributed by atoms with Gasteiger partial charge in [0.2, 0.25) is 0 Å². The van der Waals surface area contributed by atoms with Crippen molar-refractivity contribution in [1.29, 1.82) is 0 Å². The number of hydrogen-bond donors (Lipinski definition) is 0. The Morgan fingerprint density at radius 2 is 2.00 bits per heavy atom. The lowest BCUT2D eigenvalue weighted by Gasteiger charge is -1.89. The molecule has 9 heavy (non-hydrogen) atoms. The molecule has 0 aliphatic carbocycles. The zero-order valence-corrected chi connectivity index (χ0v) is 6.53. The van der Waals surface area contributed by atoms with E-state index in [-0.39, 0.29) is 0 Å². The Morgan fingerprint density at radius 3 is 2.11 bits per heavy atom. The lowest BCUT2D eigenvalue weighted by atomic mass is 10.4. The monoisotopic (exact) mass is 144 g/mol. The van der Waals surface area contributed by atoms with E-state index in [0.717, 1.165) is 16.4 Å². The third kappa shape index (κ3) is 0.944. The number of hydrogen-bond acceptors (Lipinski definition) is 1. The van der Waals surface area contributed by atoms with Crippen molar-refractivity contribution in [3.63, 3.8) is 0 Å². The predicted octanol–water partition coefficient (Wildman–Crippen LogP) is 1.69. The molecule has 0 aliphatic rings. The zero-order chi connectivity index (χ0) is 7.02. The fourth-order valence-electron chi connectivity index (χ4n) is 0.748. The molecule has 0 bridgehead atoms. The Kier molecular flexibility index (Phi) is 1.49. The predicted molar refractivity (Wildman–Crippen MR) is 37.7 cm³/mol. The highest BCUT2D eigenvalue weighted by Crippen LogP contribution is 2.17. The Bertz CT molecular complexity index is 205. The summed E-state index contributed by atoms with van der Waals surface area (Å²) in [5, 5.41) is 4.87. The van der Waals surface area contributed by atoms with Crippen molar-refractivity contribution in [2.45, 2.75) is 13.8 Å². The third-order valence-corrected chi connectivity index (χ3v) is 1.97. The van der Waals surface area contributed by atoms with Gasteiger partial charge in [-0.3, -0.25) is 4.68 Å². The molecule has 0 aromatic carbocycles. The van der Waals surface area contributed by atoms with Crippen molar-refractivity contribution in [3.8, 4) is 0 Å². The molecule has 0 unspecified atom stereocenters. The molecule has 0 spiro atoms. The fourth-order valence-corrected chi connectivity index (χ4v) is 0.908. The van der Waals surface area contributed by atoms with Crippen LogP contribution in [0.1, 0.15) is 11.4 Å². The molecule has 0 amide bonds. The van der Waals surface area contributed by atoms with Gasteiger partial charge in [-0.15, -0.1) is 0 Å². The van der Waals surface area contributed by atoms with Gasteiger partial charge in [0.05, 0.1) is 16.4 Å². The van der Waals surface area contributed by atoms with Crippen LogP contribution in [0.5, 0.6) is 0 Å². The van der Waals surface area contributed by atoms with Gasteiger partial charge in [0, 0.05) is 7.05 Å². The van der Waals surface area contributed by atoms with Gasteiger partial charge in [0.1, 0.15) is 0 Å². The van der Waals surface area contributed by atoms with E-state index in [9.17, 15) is 0 Å². The Morgan fingerprint density at radius 1 is 1.44 bits per heavy atom. The van der Waals surface area contributed by atoms with Crippen LogP contribution in [0.2, 0.25) is 5.02 Å². The lowest BCUT2D eigenvalue weighted by molar-refractivity contribution is 0.731. The number of halogens is 1.